The number of para-hydroxylation sites is 1. The Bertz CT molecular complexity index is 4270. The molecule has 81 heavy (non-hydrogen) atoms. The predicted molar refractivity (Wildman–Crippen MR) is 316 cm³/mol. The molecule has 9 aromatic carbocycles. The number of hydrazone groups is 1. The maximum Gasteiger partial charge on any atom is 0.324 e. The first-order valence-electron chi connectivity index (χ1n) is 26.2. The monoisotopic (exact) mass is 1230 g/mol. The summed E-state index contributed by atoms with van der Waals surface area (Å²) in [6.45, 7) is 3.99. The van der Waals surface area contributed by atoms with E-state index in [4.69, 9.17) is 8.83 Å². The fourth-order valence-electron chi connectivity index (χ4n) is 12.1. The number of fused-ring (bicyclic) bond motifs is 22. The van der Waals surface area contributed by atoms with Crippen molar-refractivity contribution in [2.45, 2.75) is 0 Å². The van der Waals surface area contributed by atoms with E-state index in [0.717, 1.165) is 73.2 Å². The van der Waals surface area contributed by atoms with Gasteiger partial charge in [-0.05, 0) is 31.6 Å². The van der Waals surface area contributed by atoms with Gasteiger partial charge >= 0.3 is 13.7 Å². The molecule has 15 heteroatoms. The van der Waals surface area contributed by atoms with Gasteiger partial charge in [0.1, 0.15) is 11.8 Å². The Morgan fingerprint density at radius 1 is 0.407 bits per heavy atom. The van der Waals surface area contributed by atoms with Gasteiger partial charge in [-0.25, -0.2) is 5.10 Å². The van der Waals surface area contributed by atoms with Crippen molar-refractivity contribution in [3.8, 4) is 67.4 Å². The number of oxazole rings is 2. The second kappa shape index (κ2) is 20.3. The number of hydrogen-bond acceptors (Lipinski definition) is 11. The number of rotatable bonds is 5. The van der Waals surface area contributed by atoms with Crippen molar-refractivity contribution in [1.82, 2.24) is 15.0 Å². The molecule has 0 amide bonds. The molecule has 6 aliphatic rings. The van der Waals surface area contributed by atoms with E-state index < -0.39 is 0 Å². The molecule has 8 heterocycles. The van der Waals surface area contributed by atoms with Crippen LogP contribution in [0.5, 0.6) is 0 Å². The third kappa shape index (κ3) is 8.22. The second-order valence-electron chi connectivity index (χ2n) is 19.9. The fourth-order valence-corrected chi connectivity index (χ4v) is 12.1. The van der Waals surface area contributed by atoms with E-state index in [2.05, 4.69) is 236 Å². The smallest absolute Gasteiger partial charge is 0.324 e. The first-order valence-corrected chi connectivity index (χ1v) is 26.2. The van der Waals surface area contributed by atoms with Gasteiger partial charge in [-0.2, -0.15) is 12.1 Å². The summed E-state index contributed by atoms with van der Waals surface area (Å²) in [4.78, 5) is 19.8. The molecule has 6 aliphatic heterocycles. The molecule has 0 spiro atoms. The molecule has 394 valence electrons. The minimum Gasteiger partial charge on any atom is -0.500 e. The summed E-state index contributed by atoms with van der Waals surface area (Å²) in [5.74, 6) is 1.11. The molecule has 0 radical (unpaired) electrons. The van der Waals surface area contributed by atoms with Crippen molar-refractivity contribution in [3.63, 3.8) is 0 Å². The molecular weight excluding hydrogens is 1190 g/mol. The third-order valence-electron chi connectivity index (χ3n) is 15.6. The van der Waals surface area contributed by atoms with Crippen LogP contribution < -0.4 is 46.2 Å². The summed E-state index contributed by atoms with van der Waals surface area (Å²) in [6.07, 6.45) is 12.5. The standard InChI is InChI=1S/C36H22BN4O.C30H19BN5O.2Pd/c1-2-8-26(9-3-1)39-19-20-40(24-39)27-15-17-31-29-11-5-7-13-33(29)37-32-12-6-4-10-28(32)30-16-14-25(36-38-18-21-42-36)22-34(30)41(37)35(31)23-27;1-34-19-35(18-33-34)21-11-13-25-23-7-3-5-9-27(23)31-26-8-4-2-6-22(26)24-12-10-20(30-32-14-15-37-30)16-28(24)36(31)29(25)17-21;;/h1-21,24H;2-15,18-19H,1H3;;/q2*-3;;. The zero-order valence-corrected chi connectivity index (χ0v) is 46.2. The van der Waals surface area contributed by atoms with Crippen LogP contribution in [0.1, 0.15) is 0 Å². The third-order valence-corrected chi connectivity index (χ3v) is 15.6. The van der Waals surface area contributed by atoms with Gasteiger partial charge in [0.25, 0.3) is 0 Å². The van der Waals surface area contributed by atoms with Crippen molar-refractivity contribution in [1.29, 1.82) is 0 Å². The zero-order chi connectivity index (χ0) is 52.1. The minimum atomic E-state index is -0.0288. The van der Waals surface area contributed by atoms with Gasteiger partial charge in [0.05, 0.1) is 31.3 Å². The number of nitrogens with zero attached hydrogens (tertiary/aromatic N) is 9. The average Bonchev–Trinajstić information content (AvgIpc) is 4.18. The van der Waals surface area contributed by atoms with Crippen molar-refractivity contribution < 1.29 is 49.7 Å². The van der Waals surface area contributed by atoms with E-state index in [1.165, 1.54) is 44.1 Å². The molecule has 0 aliphatic carbocycles. The Morgan fingerprint density at radius 3 is 1.25 bits per heavy atom. The van der Waals surface area contributed by atoms with Crippen LogP contribution >= 0.6 is 0 Å². The van der Waals surface area contributed by atoms with Crippen LogP contribution in [-0.4, -0.2) is 42.1 Å². The quantitative estimate of drug-likeness (QED) is 0.123. The molecule has 0 saturated heterocycles. The van der Waals surface area contributed by atoms with E-state index in [1.807, 2.05) is 36.8 Å². The van der Waals surface area contributed by atoms with Gasteiger partial charge in [-0.1, -0.05) is 204 Å². The Morgan fingerprint density at radius 2 is 0.815 bits per heavy atom. The van der Waals surface area contributed by atoms with E-state index in [9.17, 15) is 0 Å². The average molecular weight is 1230 g/mol. The summed E-state index contributed by atoms with van der Waals surface area (Å²) in [5, 5.41) is 6.14. The fraction of sp³-hybridized carbons (Fsp3) is 0.0152. The van der Waals surface area contributed by atoms with Crippen LogP contribution in [0.25, 0.3) is 67.4 Å². The Balaban J connectivity index is 0.000000143. The molecule has 0 fully saturated rings. The van der Waals surface area contributed by atoms with E-state index in [0.29, 0.717) is 11.8 Å². The van der Waals surface area contributed by atoms with Crippen LogP contribution in [0.2, 0.25) is 0 Å². The van der Waals surface area contributed by atoms with Crippen molar-refractivity contribution >= 4 is 81.7 Å². The number of aromatic nitrogens is 2. The van der Waals surface area contributed by atoms with Gasteiger partial charge in [0.15, 0.2) is 0 Å². The minimum absolute atomic E-state index is 0. The summed E-state index contributed by atoms with van der Waals surface area (Å²) in [7, 11) is 1.91. The van der Waals surface area contributed by atoms with Crippen LogP contribution in [0.15, 0.2) is 227 Å². The van der Waals surface area contributed by atoms with Gasteiger partial charge < -0.3 is 38.2 Å². The molecule has 0 N–H and O–H groups in total. The molecule has 0 unspecified atom stereocenters. The molecular formula is C66H41B2N9O2Pd2-6. The summed E-state index contributed by atoms with van der Waals surface area (Å²) < 4.78 is 11.3. The van der Waals surface area contributed by atoms with Gasteiger partial charge in [0.2, 0.25) is 0 Å². The van der Waals surface area contributed by atoms with E-state index >= 15 is 0 Å². The first kappa shape index (κ1) is 50.3. The number of benzene rings is 9. The molecule has 11 aromatic rings. The van der Waals surface area contributed by atoms with Crippen molar-refractivity contribution in [2.24, 2.45) is 5.10 Å². The SMILES string of the molecule is CN1[CH-]N(c2[c-]c3c(cc2)-c2ccccc2B2c4ccccc4-c4ccc(-c5ncco5)[c-]c4N23)C=N1.[Pd].[Pd].[c-]1c(-c2ncco2)ccc2c1N1B(c3ccccc3-2)c2ccccc2-c2ccc(N3C=CN(c4ccccc4)[CH-]3)[c-]c21. The van der Waals surface area contributed by atoms with Crippen molar-refractivity contribution in [3.05, 3.63) is 251 Å². The zero-order valence-electron chi connectivity index (χ0n) is 43.1. The molecule has 0 saturated carbocycles. The first-order chi connectivity index (χ1) is 39.1. The van der Waals surface area contributed by atoms with Crippen LogP contribution in [0.4, 0.5) is 39.8 Å². The number of hydrogen-bond donors (Lipinski definition) is 0. The Kier molecular flexibility index (Phi) is 12.6. The van der Waals surface area contributed by atoms with E-state index in [1.54, 1.807) is 36.3 Å². The normalized spacial score (nSPS) is 14.1. The number of anilines is 7. The van der Waals surface area contributed by atoms with Gasteiger partial charge in [0, 0.05) is 46.5 Å². The topological polar surface area (TPSA) is 83.9 Å². The van der Waals surface area contributed by atoms with E-state index in [-0.39, 0.29) is 54.5 Å². The molecule has 17 rings (SSSR count). The second-order valence-corrected chi connectivity index (χ2v) is 19.9. The van der Waals surface area contributed by atoms with Crippen LogP contribution in [0.3, 0.4) is 0 Å². The maximum atomic E-state index is 5.68. The molecule has 2 aromatic heterocycles. The van der Waals surface area contributed by atoms with Gasteiger partial charge in [-0.15, -0.1) is 96.5 Å². The largest absolute Gasteiger partial charge is 0.500 e. The van der Waals surface area contributed by atoms with Crippen LogP contribution in [0, 0.1) is 37.6 Å². The Labute approximate surface area is 497 Å². The van der Waals surface area contributed by atoms with Gasteiger partial charge in [-0.3, -0.25) is 9.97 Å². The molecule has 0 bridgehead atoms. The summed E-state index contributed by atoms with van der Waals surface area (Å²) in [6, 6.07) is 77.1. The summed E-state index contributed by atoms with van der Waals surface area (Å²) in [5.41, 5.74) is 23.1. The molecule has 11 nitrogen and oxygen atoms in total. The maximum absolute atomic E-state index is 5.68. The summed E-state index contributed by atoms with van der Waals surface area (Å²) >= 11 is 0. The Hall–Kier alpha value is -8.94. The predicted octanol–water partition coefficient (Wildman–Crippen LogP) is 11.4. The van der Waals surface area contributed by atoms with Crippen molar-refractivity contribution in [2.75, 3.05) is 31.4 Å². The molecule has 0 atom stereocenters. The van der Waals surface area contributed by atoms with Crippen LogP contribution in [-0.2, 0) is 40.8 Å².